The van der Waals surface area contributed by atoms with Crippen LogP contribution in [0.25, 0.3) is 39.1 Å². The zero-order valence-corrected chi connectivity index (χ0v) is 25.5. The Morgan fingerprint density at radius 3 is 2.02 bits per heavy atom. The molecule has 0 bridgehead atoms. The standard InChI is InChI=1S/C37H31N5O3/c1-21-18-29-38-23(3)30-22(2)31(24-10-6-5-7-11-24)32(39-33(30)42(29)40-21)25-14-16-26(17-15-25)37(19-36(4,45)20-37)41-34(43)27-12-8-9-13-28(27)35(41)44/h5-18,45H,19-20H2,1-4H3/t36-,37-. The van der Waals surface area contributed by atoms with Crippen LogP contribution in [0.2, 0.25) is 0 Å². The van der Waals surface area contributed by atoms with Crippen molar-refractivity contribution in [1.82, 2.24) is 24.5 Å². The quantitative estimate of drug-likeness (QED) is 0.232. The SMILES string of the molecule is Cc1cc2nc(C)c3c(C)c(-c4ccccc4)c(-c4ccc([C@]5(N6C(=O)c7ccccc7C6=O)C[C@](C)(O)C5)cc4)nc3n2n1. The number of hydrogen-bond donors (Lipinski definition) is 1. The van der Waals surface area contributed by atoms with E-state index in [9.17, 15) is 14.7 Å². The number of rotatable bonds is 4. The third-order valence-electron chi connectivity index (χ3n) is 9.41. The van der Waals surface area contributed by atoms with Gasteiger partial charge in [0.2, 0.25) is 0 Å². The largest absolute Gasteiger partial charge is 0.390 e. The van der Waals surface area contributed by atoms with Gasteiger partial charge in [0.05, 0.1) is 39.3 Å². The summed E-state index contributed by atoms with van der Waals surface area (Å²) in [5, 5.41) is 16.6. The van der Waals surface area contributed by atoms with Crippen molar-refractivity contribution in [3.05, 3.63) is 119 Å². The number of aryl methyl sites for hydroxylation is 3. The van der Waals surface area contributed by atoms with Gasteiger partial charge in [-0.25, -0.2) is 9.97 Å². The van der Waals surface area contributed by atoms with Gasteiger partial charge in [-0.15, -0.1) is 0 Å². The van der Waals surface area contributed by atoms with Crippen LogP contribution in [0.1, 0.15) is 63.0 Å². The summed E-state index contributed by atoms with van der Waals surface area (Å²) in [6, 6.07) is 27.0. The Morgan fingerprint density at radius 1 is 0.778 bits per heavy atom. The van der Waals surface area contributed by atoms with Gasteiger partial charge in [0, 0.05) is 35.4 Å². The third kappa shape index (κ3) is 3.92. The van der Waals surface area contributed by atoms with Crippen molar-refractivity contribution in [1.29, 1.82) is 0 Å². The highest BCUT2D eigenvalue weighted by Gasteiger charge is 2.60. The van der Waals surface area contributed by atoms with Gasteiger partial charge >= 0.3 is 0 Å². The predicted molar refractivity (Wildman–Crippen MR) is 172 cm³/mol. The van der Waals surface area contributed by atoms with Crippen molar-refractivity contribution in [2.24, 2.45) is 0 Å². The summed E-state index contributed by atoms with van der Waals surface area (Å²) in [7, 11) is 0. The molecule has 0 unspecified atom stereocenters. The highest BCUT2D eigenvalue weighted by atomic mass is 16.3. The molecule has 1 aliphatic carbocycles. The van der Waals surface area contributed by atoms with Crippen LogP contribution in [0.5, 0.6) is 0 Å². The van der Waals surface area contributed by atoms with Crippen LogP contribution in [0.3, 0.4) is 0 Å². The van der Waals surface area contributed by atoms with Crippen molar-refractivity contribution in [2.45, 2.75) is 51.7 Å². The number of pyridine rings is 1. The fourth-order valence-corrected chi connectivity index (χ4v) is 7.61. The Hall–Kier alpha value is -5.21. The van der Waals surface area contributed by atoms with Gasteiger partial charge in [-0.3, -0.25) is 14.5 Å². The summed E-state index contributed by atoms with van der Waals surface area (Å²) in [4.78, 5) is 38.7. The van der Waals surface area contributed by atoms with Crippen LogP contribution in [-0.4, -0.2) is 47.0 Å². The molecule has 2 amide bonds. The van der Waals surface area contributed by atoms with E-state index in [-0.39, 0.29) is 24.7 Å². The predicted octanol–water partition coefficient (Wildman–Crippen LogP) is 6.57. The number of nitrogens with zero attached hydrogens (tertiary/aromatic N) is 5. The van der Waals surface area contributed by atoms with Gasteiger partial charge in [-0.05, 0) is 56.5 Å². The molecule has 0 saturated heterocycles. The minimum Gasteiger partial charge on any atom is -0.390 e. The minimum atomic E-state index is -0.995. The van der Waals surface area contributed by atoms with E-state index in [0.717, 1.165) is 61.6 Å². The first-order valence-corrected chi connectivity index (χ1v) is 15.1. The lowest BCUT2D eigenvalue weighted by Crippen LogP contribution is -2.63. The Balaban J connectivity index is 1.31. The number of carbonyl (C=O) groups excluding carboxylic acids is 2. The maximum absolute atomic E-state index is 13.6. The maximum Gasteiger partial charge on any atom is 0.262 e. The van der Waals surface area contributed by atoms with E-state index in [1.165, 1.54) is 4.90 Å². The van der Waals surface area contributed by atoms with E-state index >= 15 is 0 Å². The molecule has 1 saturated carbocycles. The second-order valence-corrected chi connectivity index (χ2v) is 12.7. The smallest absolute Gasteiger partial charge is 0.262 e. The summed E-state index contributed by atoms with van der Waals surface area (Å²) < 4.78 is 1.81. The first-order valence-electron chi connectivity index (χ1n) is 15.1. The van der Waals surface area contributed by atoms with Gasteiger partial charge < -0.3 is 5.11 Å². The molecule has 8 nitrogen and oxygen atoms in total. The number of imide groups is 1. The fraction of sp³-hybridized carbons (Fsp3) is 0.216. The van der Waals surface area contributed by atoms with Gasteiger partial charge in [0.25, 0.3) is 11.8 Å². The molecular weight excluding hydrogens is 562 g/mol. The van der Waals surface area contributed by atoms with Gasteiger partial charge in [0.15, 0.2) is 11.3 Å². The highest BCUT2D eigenvalue weighted by Crippen LogP contribution is 2.54. The van der Waals surface area contributed by atoms with Crippen LogP contribution >= 0.6 is 0 Å². The summed E-state index contributed by atoms with van der Waals surface area (Å²) in [5.74, 6) is -0.647. The molecular formula is C37H31N5O3. The van der Waals surface area contributed by atoms with E-state index < -0.39 is 11.1 Å². The molecule has 3 aromatic heterocycles. The van der Waals surface area contributed by atoms with Crippen LogP contribution in [-0.2, 0) is 5.54 Å². The van der Waals surface area contributed by atoms with Crippen LogP contribution in [0.4, 0.5) is 0 Å². The number of fused-ring (bicyclic) bond motifs is 4. The molecule has 6 aromatic rings. The number of benzene rings is 3. The van der Waals surface area contributed by atoms with E-state index in [4.69, 9.17) is 15.1 Å². The molecule has 45 heavy (non-hydrogen) atoms. The highest BCUT2D eigenvalue weighted by molar-refractivity contribution is 6.22. The van der Waals surface area contributed by atoms with E-state index in [0.29, 0.717) is 11.1 Å². The first kappa shape index (κ1) is 27.3. The van der Waals surface area contributed by atoms with Crippen molar-refractivity contribution in [2.75, 3.05) is 0 Å². The van der Waals surface area contributed by atoms with Gasteiger partial charge in [0.1, 0.15) is 0 Å². The first-order chi connectivity index (χ1) is 21.6. The summed E-state index contributed by atoms with van der Waals surface area (Å²) in [5.41, 5.74) is 7.68. The normalized spacial score (nSPS) is 21.0. The Kier molecular flexibility index (Phi) is 5.71. The van der Waals surface area contributed by atoms with E-state index in [2.05, 4.69) is 19.1 Å². The van der Waals surface area contributed by atoms with E-state index in [1.54, 1.807) is 31.2 Å². The molecule has 8 rings (SSSR count). The molecule has 1 aliphatic heterocycles. The topological polar surface area (TPSA) is 101 Å². The molecule has 8 heteroatoms. The second kappa shape index (κ2) is 9.39. The van der Waals surface area contributed by atoms with Gasteiger partial charge in [-0.1, -0.05) is 66.7 Å². The lowest BCUT2D eigenvalue weighted by Gasteiger charge is -2.55. The average Bonchev–Trinajstić information content (AvgIpc) is 3.51. The molecule has 0 spiro atoms. The maximum atomic E-state index is 13.6. The van der Waals surface area contributed by atoms with E-state index in [1.807, 2.05) is 66.9 Å². The Morgan fingerprint density at radius 2 is 1.40 bits per heavy atom. The average molecular weight is 594 g/mol. The van der Waals surface area contributed by atoms with Crippen molar-refractivity contribution >= 4 is 28.5 Å². The molecule has 3 aromatic carbocycles. The number of hydrogen-bond acceptors (Lipinski definition) is 6. The molecule has 1 N–H and O–H groups in total. The van der Waals surface area contributed by atoms with Crippen molar-refractivity contribution in [3.8, 4) is 22.4 Å². The molecule has 222 valence electrons. The Bertz CT molecular complexity index is 2170. The number of amides is 2. The van der Waals surface area contributed by atoms with Crippen LogP contribution in [0, 0.1) is 20.8 Å². The van der Waals surface area contributed by atoms with Crippen LogP contribution < -0.4 is 0 Å². The monoisotopic (exact) mass is 593 g/mol. The number of aliphatic hydroxyl groups is 1. The summed E-state index contributed by atoms with van der Waals surface area (Å²) in [6.07, 6.45) is 0.520. The minimum absolute atomic E-state index is 0.260. The molecule has 0 radical (unpaired) electrons. The third-order valence-corrected chi connectivity index (χ3v) is 9.41. The number of carbonyl (C=O) groups is 2. The second-order valence-electron chi connectivity index (χ2n) is 12.7. The summed E-state index contributed by atoms with van der Waals surface area (Å²) in [6.45, 7) is 7.81. The van der Waals surface area contributed by atoms with Gasteiger partial charge in [-0.2, -0.15) is 9.61 Å². The Labute approximate surface area is 260 Å². The van der Waals surface area contributed by atoms with Crippen molar-refractivity contribution < 1.29 is 14.7 Å². The van der Waals surface area contributed by atoms with Crippen LogP contribution in [0.15, 0.2) is 84.9 Å². The zero-order valence-electron chi connectivity index (χ0n) is 25.5. The summed E-state index contributed by atoms with van der Waals surface area (Å²) >= 11 is 0. The van der Waals surface area contributed by atoms with Crippen molar-refractivity contribution in [3.63, 3.8) is 0 Å². The lowest BCUT2D eigenvalue weighted by molar-refractivity contribution is -0.118. The number of aromatic nitrogens is 4. The molecule has 0 atom stereocenters. The molecule has 2 aliphatic rings. The fourth-order valence-electron chi connectivity index (χ4n) is 7.61. The molecule has 1 fully saturated rings. The zero-order chi connectivity index (χ0) is 31.2. The lowest BCUT2D eigenvalue weighted by atomic mass is 9.61. The molecule has 4 heterocycles.